The Labute approximate surface area is 153 Å². The van der Waals surface area contributed by atoms with Crippen LogP contribution >= 0.6 is 0 Å². The largest absolute Gasteiger partial charge is 0.494 e. The predicted octanol–water partition coefficient (Wildman–Crippen LogP) is 2.79. The molecule has 0 bridgehead atoms. The van der Waals surface area contributed by atoms with Gasteiger partial charge in [-0.2, -0.15) is 0 Å². The second-order valence-electron chi connectivity index (χ2n) is 6.41. The smallest absolute Gasteiger partial charge is 0.255 e. The summed E-state index contributed by atoms with van der Waals surface area (Å²) in [6.07, 6.45) is 5.55. The van der Waals surface area contributed by atoms with Gasteiger partial charge in [0.2, 0.25) is 0 Å². The second kappa shape index (κ2) is 8.56. The Hall–Kier alpha value is -2.76. The number of piperazine rings is 1. The molecule has 138 valence electrons. The molecule has 1 aromatic carbocycles. The van der Waals surface area contributed by atoms with Gasteiger partial charge in [-0.1, -0.05) is 13.3 Å². The first-order valence-electron chi connectivity index (χ1n) is 9.13. The van der Waals surface area contributed by atoms with Crippen molar-refractivity contribution in [2.75, 3.05) is 32.8 Å². The second-order valence-corrected chi connectivity index (χ2v) is 6.41. The zero-order valence-corrected chi connectivity index (χ0v) is 15.1. The minimum atomic E-state index is -0.00106. The molecule has 2 aromatic rings. The summed E-state index contributed by atoms with van der Waals surface area (Å²) in [5.41, 5.74) is 1.31. The summed E-state index contributed by atoms with van der Waals surface area (Å²) < 4.78 is 5.63. The van der Waals surface area contributed by atoms with Gasteiger partial charge in [-0.15, -0.1) is 0 Å². The van der Waals surface area contributed by atoms with Crippen LogP contribution in [0, 0.1) is 0 Å². The van der Waals surface area contributed by atoms with E-state index in [-0.39, 0.29) is 11.8 Å². The fourth-order valence-electron chi connectivity index (χ4n) is 2.96. The number of ether oxygens (including phenoxy) is 1. The van der Waals surface area contributed by atoms with Crippen LogP contribution in [-0.4, -0.2) is 59.4 Å². The quantitative estimate of drug-likeness (QED) is 0.811. The van der Waals surface area contributed by atoms with E-state index in [0.29, 0.717) is 43.9 Å². The lowest BCUT2D eigenvalue weighted by atomic mass is 10.1. The molecule has 26 heavy (non-hydrogen) atoms. The average Bonchev–Trinajstić information content (AvgIpc) is 3.23. The Morgan fingerprint density at radius 1 is 0.962 bits per heavy atom. The fraction of sp³-hybridized carbons (Fsp3) is 0.400. The van der Waals surface area contributed by atoms with Crippen molar-refractivity contribution in [3.8, 4) is 5.75 Å². The maximum atomic E-state index is 12.7. The topological polar surface area (TPSA) is 65.6 Å². The number of aromatic amines is 1. The van der Waals surface area contributed by atoms with Crippen molar-refractivity contribution in [3.63, 3.8) is 0 Å². The molecule has 0 atom stereocenters. The number of aromatic nitrogens is 1. The summed E-state index contributed by atoms with van der Waals surface area (Å²) in [5.74, 6) is 0.794. The summed E-state index contributed by atoms with van der Waals surface area (Å²) in [4.78, 5) is 31.5. The highest BCUT2D eigenvalue weighted by Crippen LogP contribution is 2.16. The number of carbonyl (C=O) groups excluding carboxylic acids is 2. The summed E-state index contributed by atoms with van der Waals surface area (Å²) >= 11 is 0. The Kier molecular flexibility index (Phi) is 5.94. The number of benzene rings is 1. The zero-order chi connectivity index (χ0) is 18.4. The lowest BCUT2D eigenvalue weighted by Gasteiger charge is -2.34. The molecule has 1 aromatic heterocycles. The number of carbonyl (C=O) groups is 2. The Morgan fingerprint density at radius 3 is 2.12 bits per heavy atom. The zero-order valence-electron chi connectivity index (χ0n) is 15.1. The number of amides is 2. The molecule has 1 aliphatic rings. The monoisotopic (exact) mass is 355 g/mol. The number of nitrogens with one attached hydrogen (secondary N) is 1. The number of hydrogen-bond donors (Lipinski definition) is 1. The SMILES string of the molecule is CCCCOc1ccc(C(=O)N2CCN(C(=O)c3cc[nH]c3)CC2)cc1. The molecule has 0 aliphatic carbocycles. The predicted molar refractivity (Wildman–Crippen MR) is 99.4 cm³/mol. The molecule has 2 heterocycles. The van der Waals surface area contributed by atoms with Gasteiger partial charge in [0.25, 0.3) is 11.8 Å². The average molecular weight is 355 g/mol. The van der Waals surface area contributed by atoms with E-state index in [1.54, 1.807) is 40.4 Å². The first-order valence-corrected chi connectivity index (χ1v) is 9.13. The fourth-order valence-corrected chi connectivity index (χ4v) is 2.96. The van der Waals surface area contributed by atoms with Gasteiger partial charge in [0.15, 0.2) is 0 Å². The normalized spacial score (nSPS) is 14.3. The molecule has 1 fully saturated rings. The van der Waals surface area contributed by atoms with E-state index in [2.05, 4.69) is 11.9 Å². The third-order valence-electron chi connectivity index (χ3n) is 4.57. The van der Waals surface area contributed by atoms with Gasteiger partial charge in [-0.3, -0.25) is 9.59 Å². The summed E-state index contributed by atoms with van der Waals surface area (Å²) in [6.45, 7) is 5.01. The summed E-state index contributed by atoms with van der Waals surface area (Å²) in [5, 5.41) is 0. The molecule has 2 amide bonds. The maximum absolute atomic E-state index is 12.7. The van der Waals surface area contributed by atoms with E-state index in [9.17, 15) is 9.59 Å². The van der Waals surface area contributed by atoms with Crippen LogP contribution in [0.5, 0.6) is 5.75 Å². The van der Waals surface area contributed by atoms with Gasteiger partial charge in [0.05, 0.1) is 12.2 Å². The highest BCUT2D eigenvalue weighted by Gasteiger charge is 2.25. The molecule has 6 nitrogen and oxygen atoms in total. The van der Waals surface area contributed by atoms with Gasteiger partial charge in [0.1, 0.15) is 5.75 Å². The third kappa shape index (κ3) is 4.25. The summed E-state index contributed by atoms with van der Waals surface area (Å²) in [7, 11) is 0. The Morgan fingerprint density at radius 2 is 1.58 bits per heavy atom. The highest BCUT2D eigenvalue weighted by atomic mass is 16.5. The molecule has 1 N–H and O–H groups in total. The van der Waals surface area contributed by atoms with Crippen LogP contribution in [0.1, 0.15) is 40.5 Å². The van der Waals surface area contributed by atoms with Gasteiger partial charge < -0.3 is 19.5 Å². The summed E-state index contributed by atoms with van der Waals surface area (Å²) in [6, 6.07) is 9.06. The first-order chi connectivity index (χ1) is 12.7. The van der Waals surface area contributed by atoms with Crippen molar-refractivity contribution in [2.24, 2.45) is 0 Å². The molecule has 6 heteroatoms. The van der Waals surface area contributed by atoms with Crippen LogP contribution in [-0.2, 0) is 0 Å². The van der Waals surface area contributed by atoms with Gasteiger partial charge >= 0.3 is 0 Å². The van der Waals surface area contributed by atoms with Crippen LogP contribution in [0.4, 0.5) is 0 Å². The maximum Gasteiger partial charge on any atom is 0.255 e. The van der Waals surface area contributed by atoms with E-state index >= 15 is 0 Å². The first kappa shape index (κ1) is 18.0. The van der Waals surface area contributed by atoms with Crippen LogP contribution in [0.15, 0.2) is 42.7 Å². The molecule has 3 rings (SSSR count). The van der Waals surface area contributed by atoms with Crippen molar-refractivity contribution in [1.29, 1.82) is 0 Å². The van der Waals surface area contributed by atoms with E-state index in [4.69, 9.17) is 4.74 Å². The van der Waals surface area contributed by atoms with E-state index in [0.717, 1.165) is 18.6 Å². The molecule has 0 spiro atoms. The number of nitrogens with zero attached hydrogens (tertiary/aromatic N) is 2. The highest BCUT2D eigenvalue weighted by molar-refractivity contribution is 5.96. The van der Waals surface area contributed by atoms with Crippen LogP contribution in [0.25, 0.3) is 0 Å². The number of H-pyrrole nitrogens is 1. The van der Waals surface area contributed by atoms with Gasteiger partial charge in [-0.05, 0) is 36.8 Å². The minimum Gasteiger partial charge on any atom is -0.494 e. The van der Waals surface area contributed by atoms with Crippen molar-refractivity contribution in [1.82, 2.24) is 14.8 Å². The minimum absolute atomic E-state index is 0.00106. The van der Waals surface area contributed by atoms with E-state index in [1.165, 1.54) is 0 Å². The van der Waals surface area contributed by atoms with Crippen molar-refractivity contribution in [3.05, 3.63) is 53.9 Å². The molecular weight excluding hydrogens is 330 g/mol. The lowest BCUT2D eigenvalue weighted by Crippen LogP contribution is -2.50. The standard InChI is InChI=1S/C20H25N3O3/c1-2-3-14-26-18-6-4-16(5-7-18)19(24)22-10-12-23(13-11-22)20(25)17-8-9-21-15-17/h4-9,15,21H,2-3,10-14H2,1H3. The molecule has 0 radical (unpaired) electrons. The van der Waals surface area contributed by atoms with E-state index < -0.39 is 0 Å². The van der Waals surface area contributed by atoms with Gasteiger partial charge in [0, 0.05) is 44.1 Å². The molecule has 1 aliphatic heterocycles. The molecule has 0 unspecified atom stereocenters. The Balaban J connectivity index is 1.52. The molecule has 0 saturated carbocycles. The lowest BCUT2D eigenvalue weighted by molar-refractivity contribution is 0.0535. The number of hydrogen-bond acceptors (Lipinski definition) is 3. The van der Waals surface area contributed by atoms with E-state index in [1.807, 2.05) is 12.1 Å². The van der Waals surface area contributed by atoms with Crippen molar-refractivity contribution >= 4 is 11.8 Å². The van der Waals surface area contributed by atoms with Crippen molar-refractivity contribution < 1.29 is 14.3 Å². The van der Waals surface area contributed by atoms with Crippen LogP contribution < -0.4 is 4.74 Å². The van der Waals surface area contributed by atoms with Crippen LogP contribution in [0.3, 0.4) is 0 Å². The molecule has 1 saturated heterocycles. The Bertz CT molecular complexity index is 717. The number of unbranched alkanes of at least 4 members (excludes halogenated alkanes) is 1. The van der Waals surface area contributed by atoms with Crippen LogP contribution in [0.2, 0.25) is 0 Å². The molecular formula is C20H25N3O3. The van der Waals surface area contributed by atoms with Gasteiger partial charge in [-0.25, -0.2) is 0 Å². The van der Waals surface area contributed by atoms with Crippen molar-refractivity contribution in [2.45, 2.75) is 19.8 Å². The number of rotatable bonds is 6. The third-order valence-corrected chi connectivity index (χ3v) is 4.57.